The number of primary amides is 1. The molecule has 1 fully saturated rings. The zero-order valence-corrected chi connectivity index (χ0v) is 16.5. The molecular weight excluding hydrogens is 408 g/mol. The van der Waals surface area contributed by atoms with Gasteiger partial charge in [-0.15, -0.1) is 0 Å². The van der Waals surface area contributed by atoms with Crippen molar-refractivity contribution in [1.82, 2.24) is 10.2 Å². The Labute approximate surface area is 177 Å². The largest absolute Gasteiger partial charge is 0.363 e. The zero-order chi connectivity index (χ0) is 22.5. The van der Waals surface area contributed by atoms with Crippen LogP contribution >= 0.6 is 0 Å². The second-order valence-corrected chi connectivity index (χ2v) is 7.26. The average Bonchev–Trinajstić information content (AvgIpc) is 3.10. The Hall–Kier alpha value is -3.62. The Bertz CT molecular complexity index is 993. The van der Waals surface area contributed by atoms with E-state index in [-0.39, 0.29) is 24.8 Å². The number of nitrogens with zero attached hydrogens (tertiary/aromatic N) is 1. The van der Waals surface area contributed by atoms with Crippen LogP contribution in [0.4, 0.5) is 8.78 Å². The Morgan fingerprint density at radius 3 is 2.32 bits per heavy atom. The van der Waals surface area contributed by atoms with Gasteiger partial charge in [-0.05, 0) is 24.1 Å². The molecule has 1 saturated heterocycles. The highest BCUT2D eigenvalue weighted by molar-refractivity contribution is 6.37. The second kappa shape index (κ2) is 9.46. The summed E-state index contributed by atoms with van der Waals surface area (Å²) >= 11 is 0. The summed E-state index contributed by atoms with van der Waals surface area (Å²) in [5, 5.41) is 2.48. The highest BCUT2D eigenvalue weighted by atomic mass is 19.1. The fourth-order valence-corrected chi connectivity index (χ4v) is 3.56. The molecule has 1 heterocycles. The number of nitrogens with two attached hydrogens (primary N) is 1. The van der Waals surface area contributed by atoms with Gasteiger partial charge in [0.2, 0.25) is 17.6 Å². The Kier molecular flexibility index (Phi) is 6.74. The average molecular weight is 429 g/mol. The van der Waals surface area contributed by atoms with Gasteiger partial charge in [0.1, 0.15) is 23.7 Å². The van der Waals surface area contributed by atoms with E-state index in [9.17, 15) is 28.0 Å². The van der Waals surface area contributed by atoms with Gasteiger partial charge in [0, 0.05) is 18.4 Å². The Morgan fingerprint density at radius 2 is 1.71 bits per heavy atom. The number of hydrogen-bond acceptors (Lipinski definition) is 4. The molecule has 9 heteroatoms. The minimum atomic E-state index is -1.23. The first-order valence-electron chi connectivity index (χ1n) is 9.68. The number of likely N-dealkylation sites (tertiary alicyclic amines) is 1. The molecule has 0 radical (unpaired) electrons. The maximum absolute atomic E-state index is 14.0. The Morgan fingerprint density at radius 1 is 1.06 bits per heavy atom. The molecule has 0 aromatic heterocycles. The van der Waals surface area contributed by atoms with Crippen LogP contribution in [0.3, 0.4) is 0 Å². The molecule has 7 nitrogen and oxygen atoms in total. The molecule has 31 heavy (non-hydrogen) atoms. The fraction of sp³-hybridized carbons (Fsp3) is 0.273. The van der Waals surface area contributed by atoms with Crippen molar-refractivity contribution >= 4 is 23.5 Å². The molecule has 2 aromatic rings. The lowest BCUT2D eigenvalue weighted by Gasteiger charge is -2.26. The van der Waals surface area contributed by atoms with E-state index in [1.807, 2.05) is 0 Å². The van der Waals surface area contributed by atoms with Gasteiger partial charge < -0.3 is 16.0 Å². The molecule has 3 rings (SSSR count). The predicted molar refractivity (Wildman–Crippen MR) is 106 cm³/mol. The summed E-state index contributed by atoms with van der Waals surface area (Å²) in [5.41, 5.74) is 5.48. The lowest BCUT2D eigenvalue weighted by molar-refractivity contribution is -0.140. The fourth-order valence-electron chi connectivity index (χ4n) is 3.56. The maximum Gasteiger partial charge on any atom is 0.287 e. The van der Waals surface area contributed by atoms with Crippen LogP contribution < -0.4 is 11.1 Å². The van der Waals surface area contributed by atoms with E-state index in [0.29, 0.717) is 5.56 Å². The SMILES string of the molecule is NC(=O)C(=O)C(Cc1ccccc1)NC(=O)[C@@H]1CCC(=O)N1Cc1c(F)cccc1F. The molecule has 0 bridgehead atoms. The van der Waals surface area contributed by atoms with E-state index in [2.05, 4.69) is 5.32 Å². The van der Waals surface area contributed by atoms with Gasteiger partial charge in [0.15, 0.2) is 0 Å². The molecule has 0 aliphatic carbocycles. The summed E-state index contributed by atoms with van der Waals surface area (Å²) in [7, 11) is 0. The van der Waals surface area contributed by atoms with Crippen LogP contribution in [-0.4, -0.2) is 40.5 Å². The normalized spacial score (nSPS) is 16.8. The van der Waals surface area contributed by atoms with Crippen molar-refractivity contribution in [3.8, 4) is 0 Å². The molecule has 2 atom stereocenters. The smallest absolute Gasteiger partial charge is 0.287 e. The maximum atomic E-state index is 14.0. The molecule has 3 N–H and O–H groups in total. The molecule has 0 spiro atoms. The monoisotopic (exact) mass is 429 g/mol. The summed E-state index contributed by atoms with van der Waals surface area (Å²) in [6, 6.07) is 9.77. The van der Waals surface area contributed by atoms with Crippen molar-refractivity contribution in [1.29, 1.82) is 0 Å². The highest BCUT2D eigenvalue weighted by Gasteiger charge is 2.38. The van der Waals surface area contributed by atoms with E-state index < -0.39 is 53.8 Å². The molecule has 1 aliphatic heterocycles. The third-order valence-corrected chi connectivity index (χ3v) is 5.18. The van der Waals surface area contributed by atoms with Crippen LogP contribution in [0.5, 0.6) is 0 Å². The number of hydrogen-bond donors (Lipinski definition) is 2. The van der Waals surface area contributed by atoms with E-state index in [1.54, 1.807) is 30.3 Å². The molecule has 1 aliphatic rings. The lowest BCUT2D eigenvalue weighted by Crippen LogP contribution is -2.53. The summed E-state index contributed by atoms with van der Waals surface area (Å²) < 4.78 is 28.1. The van der Waals surface area contributed by atoms with Gasteiger partial charge in [-0.2, -0.15) is 0 Å². The topological polar surface area (TPSA) is 110 Å². The first kappa shape index (κ1) is 22.1. The first-order valence-corrected chi connectivity index (χ1v) is 9.68. The first-order chi connectivity index (χ1) is 14.8. The molecule has 162 valence electrons. The zero-order valence-electron chi connectivity index (χ0n) is 16.5. The minimum Gasteiger partial charge on any atom is -0.363 e. The quantitative estimate of drug-likeness (QED) is 0.615. The standard InChI is InChI=1S/C22H21F2N3O4/c23-15-7-4-8-16(24)14(15)12-27-18(9-10-19(27)28)22(31)26-17(20(29)21(25)30)11-13-5-2-1-3-6-13/h1-8,17-18H,9-12H2,(H2,25,30)(H,26,31)/t17?,18-/m0/s1. The van der Waals surface area contributed by atoms with Crippen molar-refractivity contribution in [2.45, 2.75) is 37.9 Å². The van der Waals surface area contributed by atoms with Crippen LogP contribution in [0.15, 0.2) is 48.5 Å². The van der Waals surface area contributed by atoms with Crippen LogP contribution in [0.2, 0.25) is 0 Å². The number of ketones is 1. The van der Waals surface area contributed by atoms with Gasteiger partial charge in [-0.3, -0.25) is 19.2 Å². The number of benzene rings is 2. The number of nitrogens with one attached hydrogen (secondary N) is 1. The molecular formula is C22H21F2N3O4. The number of rotatable bonds is 8. The lowest BCUT2D eigenvalue weighted by atomic mass is 10.0. The van der Waals surface area contributed by atoms with Crippen LogP contribution in [-0.2, 0) is 32.1 Å². The number of amides is 3. The van der Waals surface area contributed by atoms with Crippen molar-refractivity contribution < 1.29 is 28.0 Å². The third-order valence-electron chi connectivity index (χ3n) is 5.18. The molecule has 2 aromatic carbocycles. The molecule has 1 unspecified atom stereocenters. The van der Waals surface area contributed by atoms with E-state index in [4.69, 9.17) is 5.73 Å². The number of carbonyl (C=O) groups excluding carboxylic acids is 4. The van der Waals surface area contributed by atoms with Crippen molar-refractivity contribution in [3.63, 3.8) is 0 Å². The van der Waals surface area contributed by atoms with Crippen molar-refractivity contribution in [3.05, 3.63) is 71.3 Å². The number of carbonyl (C=O) groups is 4. The van der Waals surface area contributed by atoms with Crippen molar-refractivity contribution in [2.24, 2.45) is 5.73 Å². The Balaban J connectivity index is 1.79. The third kappa shape index (κ3) is 5.11. The second-order valence-electron chi connectivity index (χ2n) is 7.26. The van der Waals surface area contributed by atoms with Gasteiger partial charge in [0.25, 0.3) is 5.91 Å². The van der Waals surface area contributed by atoms with Gasteiger partial charge in [0.05, 0.1) is 6.54 Å². The summed E-state index contributed by atoms with van der Waals surface area (Å²) in [6.45, 7) is -0.428. The van der Waals surface area contributed by atoms with Gasteiger partial charge in [-0.1, -0.05) is 36.4 Å². The van der Waals surface area contributed by atoms with Crippen LogP contribution in [0.25, 0.3) is 0 Å². The molecule has 0 saturated carbocycles. The van der Waals surface area contributed by atoms with Crippen LogP contribution in [0.1, 0.15) is 24.0 Å². The van der Waals surface area contributed by atoms with Gasteiger partial charge >= 0.3 is 0 Å². The molecule has 3 amide bonds. The van der Waals surface area contributed by atoms with E-state index in [0.717, 1.165) is 17.0 Å². The summed E-state index contributed by atoms with van der Waals surface area (Å²) in [4.78, 5) is 50.0. The number of halogens is 2. The van der Waals surface area contributed by atoms with Crippen LogP contribution in [0, 0.1) is 11.6 Å². The minimum absolute atomic E-state index is 0.0152. The van der Waals surface area contributed by atoms with Gasteiger partial charge in [-0.25, -0.2) is 8.78 Å². The summed E-state index contributed by atoms with van der Waals surface area (Å²) in [6.07, 6.45) is 0.155. The van der Waals surface area contributed by atoms with E-state index >= 15 is 0 Å². The van der Waals surface area contributed by atoms with E-state index in [1.165, 1.54) is 6.07 Å². The number of Topliss-reactive ketones (excluding diaryl/α,β-unsaturated/α-hetero) is 1. The van der Waals surface area contributed by atoms with Crippen molar-refractivity contribution in [2.75, 3.05) is 0 Å². The summed E-state index contributed by atoms with van der Waals surface area (Å²) in [5.74, 6) is -4.97. The predicted octanol–water partition coefficient (Wildman–Crippen LogP) is 1.24. The highest BCUT2D eigenvalue weighted by Crippen LogP contribution is 2.24.